The van der Waals surface area contributed by atoms with E-state index in [2.05, 4.69) is 50.3 Å². The third-order valence-corrected chi connectivity index (χ3v) is 6.87. The van der Waals surface area contributed by atoms with E-state index in [4.69, 9.17) is 5.73 Å². The van der Waals surface area contributed by atoms with Gasteiger partial charge in [-0.1, -0.05) is 20.8 Å². The van der Waals surface area contributed by atoms with Gasteiger partial charge in [-0.25, -0.2) is 4.98 Å². The van der Waals surface area contributed by atoms with Gasteiger partial charge >= 0.3 is 118 Å². The zero-order chi connectivity index (χ0) is 35.6. The van der Waals surface area contributed by atoms with E-state index in [0.717, 1.165) is 52.6 Å². The molecule has 5 rings (SSSR count). The number of hydrogen-bond donors (Lipinski definition) is 3. The quantitative estimate of drug-likeness (QED) is 0.0828. The molecule has 0 saturated carbocycles. The SMILES string of the molecule is CC(C)(C)c1nn(-c2nc(Nc3cc(C(=O)[O-])cc(C(=O)[O-])c3)nc(Nc3cc(C(=O)[O-])cc(C(=O)[O-])c3)n2)c(N)c1N=Nc1ncns1.[Na+].[Na+].[Na+].[Na+]. The molecule has 0 aliphatic carbocycles. The van der Waals surface area contributed by atoms with Crippen molar-refractivity contribution < 1.29 is 158 Å². The van der Waals surface area contributed by atoms with Crippen LogP contribution in [0.5, 0.6) is 0 Å². The maximum absolute atomic E-state index is 11.6. The van der Waals surface area contributed by atoms with Crippen molar-refractivity contribution in [2.24, 2.45) is 10.2 Å². The van der Waals surface area contributed by atoms with Crippen molar-refractivity contribution in [3.63, 3.8) is 0 Å². The number of benzene rings is 2. The molecule has 0 bridgehead atoms. The number of nitrogens with zero attached hydrogens (tertiary/aromatic N) is 9. The van der Waals surface area contributed by atoms with Crippen LogP contribution in [0.2, 0.25) is 0 Å². The molecule has 20 nitrogen and oxygen atoms in total. The predicted molar refractivity (Wildman–Crippen MR) is 161 cm³/mol. The number of nitrogen functional groups attached to an aromatic ring is 1. The van der Waals surface area contributed by atoms with Crippen LogP contribution in [0.25, 0.3) is 5.95 Å². The van der Waals surface area contributed by atoms with Crippen molar-refractivity contribution in [2.45, 2.75) is 26.2 Å². The van der Waals surface area contributed by atoms with Gasteiger partial charge < -0.3 is 56.0 Å². The molecule has 0 spiro atoms. The minimum Gasteiger partial charge on any atom is -0.545 e. The minimum atomic E-state index is -1.68. The Morgan fingerprint density at radius 1 is 0.717 bits per heavy atom. The van der Waals surface area contributed by atoms with Crippen LogP contribution in [-0.2, 0) is 5.41 Å². The van der Waals surface area contributed by atoms with Gasteiger partial charge in [0.15, 0.2) is 11.5 Å². The van der Waals surface area contributed by atoms with Crippen molar-refractivity contribution >= 4 is 75.3 Å². The van der Waals surface area contributed by atoms with Gasteiger partial charge in [0, 0.05) is 28.3 Å². The molecule has 0 radical (unpaired) electrons. The fourth-order valence-corrected chi connectivity index (χ4v) is 4.54. The Labute approximate surface area is 391 Å². The number of aromatic nitrogens is 7. The third-order valence-electron chi connectivity index (χ3n) is 6.32. The predicted octanol–water partition coefficient (Wildman–Crippen LogP) is -12.8. The minimum absolute atomic E-state index is 0. The van der Waals surface area contributed by atoms with Crippen molar-refractivity contribution in [3.05, 3.63) is 70.7 Å². The van der Waals surface area contributed by atoms with E-state index in [1.807, 2.05) is 20.8 Å². The van der Waals surface area contributed by atoms with Crippen molar-refractivity contribution in [1.29, 1.82) is 0 Å². The fourth-order valence-electron chi connectivity index (χ4n) is 4.18. The molecule has 53 heavy (non-hydrogen) atoms. The molecule has 0 fully saturated rings. The first-order chi connectivity index (χ1) is 23.1. The average molecular weight is 777 g/mol. The second-order valence-corrected chi connectivity index (χ2v) is 11.7. The molecule has 25 heteroatoms. The van der Waals surface area contributed by atoms with E-state index in [9.17, 15) is 39.6 Å². The number of hydrogen-bond acceptors (Lipinski definition) is 20. The van der Waals surface area contributed by atoms with Crippen LogP contribution in [0.1, 0.15) is 67.9 Å². The summed E-state index contributed by atoms with van der Waals surface area (Å²) in [5, 5.41) is 64.7. The summed E-state index contributed by atoms with van der Waals surface area (Å²) >= 11 is 0.979. The van der Waals surface area contributed by atoms with E-state index in [0.29, 0.717) is 5.69 Å². The van der Waals surface area contributed by atoms with Gasteiger partial charge in [0.1, 0.15) is 6.33 Å². The number of carbonyl (C=O) groups is 4. The van der Waals surface area contributed by atoms with E-state index >= 15 is 0 Å². The Balaban J connectivity index is 0.00000351. The molecule has 0 amide bonds. The summed E-state index contributed by atoms with van der Waals surface area (Å²) in [6, 6.07) is 5.83. The van der Waals surface area contributed by atoms with Gasteiger partial charge in [-0.3, -0.25) is 0 Å². The average Bonchev–Trinajstić information content (AvgIpc) is 3.67. The number of azo groups is 1. The monoisotopic (exact) mass is 776 g/mol. The molecule has 2 aromatic carbocycles. The largest absolute Gasteiger partial charge is 1.00 e. The maximum Gasteiger partial charge on any atom is 1.00 e. The molecule has 4 N–H and O–H groups in total. The second kappa shape index (κ2) is 20.1. The van der Waals surface area contributed by atoms with Crippen LogP contribution in [0.15, 0.2) is 53.0 Å². The molecule has 0 saturated heterocycles. The van der Waals surface area contributed by atoms with Crippen LogP contribution in [-0.4, -0.2) is 58.0 Å². The number of carboxylic acid groups (broad SMARTS) is 4. The topological polar surface area (TPSA) is 318 Å². The van der Waals surface area contributed by atoms with Crippen molar-refractivity contribution in [2.75, 3.05) is 16.4 Å². The summed E-state index contributed by atoms with van der Waals surface area (Å²) in [6.07, 6.45) is 1.29. The summed E-state index contributed by atoms with van der Waals surface area (Å²) in [5.41, 5.74) is 3.99. The summed E-state index contributed by atoms with van der Waals surface area (Å²) in [7, 11) is 0. The molecule has 3 aromatic heterocycles. The number of nitrogens with one attached hydrogen (secondary N) is 2. The van der Waals surface area contributed by atoms with Crippen LogP contribution in [0, 0.1) is 0 Å². The molecule has 0 aliphatic rings. The number of anilines is 5. The van der Waals surface area contributed by atoms with Crippen LogP contribution in [0.3, 0.4) is 0 Å². The van der Waals surface area contributed by atoms with Crippen molar-refractivity contribution in [3.8, 4) is 5.95 Å². The van der Waals surface area contributed by atoms with E-state index < -0.39 is 51.5 Å². The van der Waals surface area contributed by atoms with Gasteiger partial charge in [-0.05, 0) is 58.7 Å². The molecule has 250 valence electrons. The molecule has 0 unspecified atom stereocenters. The van der Waals surface area contributed by atoms with Crippen molar-refractivity contribution in [1.82, 2.24) is 34.1 Å². The van der Waals surface area contributed by atoms with Gasteiger partial charge in [0.25, 0.3) is 5.95 Å². The first-order valence-electron chi connectivity index (χ1n) is 13.6. The maximum atomic E-state index is 11.6. The Bertz CT molecular complexity index is 2020. The first-order valence-corrected chi connectivity index (χ1v) is 14.4. The molecular weight excluding hydrogens is 756 g/mol. The molecule has 0 atom stereocenters. The molecule has 5 aromatic rings. The summed E-state index contributed by atoms with van der Waals surface area (Å²) in [6.45, 7) is 5.48. The van der Waals surface area contributed by atoms with Gasteiger partial charge in [-0.15, -0.1) is 10.2 Å². The number of rotatable bonds is 11. The van der Waals surface area contributed by atoms with Gasteiger partial charge in [-0.2, -0.15) is 29.1 Å². The standard InChI is InChI=1S/C28H24N12O8S.4Na/c1-28(2,3)18-17(37-38-27-30-10-31-49-27)19(29)40(39-18)26-35-24(32-15-6-11(20(41)42)4-12(7-15)21(43)44)34-25(36-26)33-16-8-13(22(45)46)5-14(9-16)23(47)48;;;;/h4-10H,29H2,1-3H3,(H,41,42)(H,43,44)(H,45,46)(H,47,48)(H2,32,33,34,35,36);;;;/q;4*+1/p-4. The van der Waals surface area contributed by atoms with E-state index in [1.54, 1.807) is 0 Å². The summed E-state index contributed by atoms with van der Waals surface area (Å²) in [5.74, 6) is -7.80. The second-order valence-electron chi connectivity index (χ2n) is 10.9. The van der Waals surface area contributed by atoms with E-state index in [-0.39, 0.29) is 164 Å². The smallest absolute Gasteiger partial charge is 0.545 e. The normalized spacial score (nSPS) is 10.5. The Morgan fingerprint density at radius 3 is 1.51 bits per heavy atom. The van der Waals surface area contributed by atoms with Crippen LogP contribution in [0.4, 0.5) is 39.9 Å². The summed E-state index contributed by atoms with van der Waals surface area (Å²) < 4.78 is 4.95. The fraction of sp³-hybridized carbons (Fsp3) is 0.143. The number of carbonyl (C=O) groups excluding carboxylic acids is 4. The zero-order valence-corrected chi connectivity index (χ0v) is 38.1. The van der Waals surface area contributed by atoms with E-state index in [1.165, 1.54) is 6.33 Å². The van der Waals surface area contributed by atoms with Gasteiger partial charge in [0.05, 0.1) is 29.6 Å². The molecular formula is C28H20N12Na4O8S. The number of nitrogens with two attached hydrogens (primary N) is 1. The Morgan fingerprint density at radius 2 is 1.15 bits per heavy atom. The zero-order valence-electron chi connectivity index (χ0n) is 29.3. The number of carboxylic acids is 4. The third kappa shape index (κ3) is 12.0. The Kier molecular flexibility index (Phi) is 18.3. The van der Waals surface area contributed by atoms with Crippen LogP contribution < -0.4 is 155 Å². The first kappa shape index (κ1) is 48.1. The summed E-state index contributed by atoms with van der Waals surface area (Å²) in [4.78, 5) is 63.0. The number of aromatic carboxylic acids is 4. The molecule has 0 aliphatic heterocycles. The molecule has 3 heterocycles. The van der Waals surface area contributed by atoms with Crippen LogP contribution >= 0.6 is 11.5 Å². The van der Waals surface area contributed by atoms with Gasteiger partial charge in [0.2, 0.25) is 17.0 Å². The Hall–Kier alpha value is -2.90.